The lowest BCUT2D eigenvalue weighted by atomic mass is 10.2. The SMILES string of the molecule is CC(C)N(C)CCCCNCc1cccc(O)c1O. The fourth-order valence-corrected chi connectivity index (χ4v) is 1.81. The number of aromatic hydroxyl groups is 2. The minimum absolute atomic E-state index is 0.0189. The molecule has 0 fully saturated rings. The van der Waals surface area contributed by atoms with E-state index in [1.807, 2.05) is 6.07 Å². The number of hydrogen-bond acceptors (Lipinski definition) is 4. The molecule has 0 amide bonds. The van der Waals surface area contributed by atoms with Crippen molar-refractivity contribution >= 4 is 0 Å². The van der Waals surface area contributed by atoms with Crippen LogP contribution >= 0.6 is 0 Å². The Hall–Kier alpha value is -1.26. The van der Waals surface area contributed by atoms with Gasteiger partial charge in [-0.15, -0.1) is 0 Å². The van der Waals surface area contributed by atoms with Crippen LogP contribution in [0.25, 0.3) is 0 Å². The van der Waals surface area contributed by atoms with Gasteiger partial charge < -0.3 is 20.4 Å². The van der Waals surface area contributed by atoms with E-state index in [1.165, 1.54) is 6.07 Å². The van der Waals surface area contributed by atoms with Crippen molar-refractivity contribution in [2.24, 2.45) is 0 Å². The highest BCUT2D eigenvalue weighted by Gasteiger charge is 2.05. The quantitative estimate of drug-likeness (QED) is 0.499. The summed E-state index contributed by atoms with van der Waals surface area (Å²) >= 11 is 0. The van der Waals surface area contributed by atoms with Gasteiger partial charge in [-0.05, 0) is 52.9 Å². The number of phenolic OH excluding ortho intramolecular Hbond substituents is 2. The fourth-order valence-electron chi connectivity index (χ4n) is 1.81. The Bertz CT molecular complexity index is 380. The molecule has 0 radical (unpaired) electrons. The van der Waals surface area contributed by atoms with Crippen molar-refractivity contribution in [3.05, 3.63) is 23.8 Å². The van der Waals surface area contributed by atoms with Crippen LogP contribution in [0.4, 0.5) is 0 Å². The zero-order valence-corrected chi connectivity index (χ0v) is 12.2. The van der Waals surface area contributed by atoms with Gasteiger partial charge in [-0.2, -0.15) is 0 Å². The number of nitrogens with one attached hydrogen (secondary N) is 1. The van der Waals surface area contributed by atoms with Crippen molar-refractivity contribution in [1.29, 1.82) is 0 Å². The van der Waals surface area contributed by atoms with Crippen molar-refractivity contribution in [1.82, 2.24) is 10.2 Å². The lowest BCUT2D eigenvalue weighted by Crippen LogP contribution is -2.27. The van der Waals surface area contributed by atoms with Crippen molar-refractivity contribution < 1.29 is 10.2 Å². The number of phenols is 2. The second-order valence-electron chi connectivity index (χ2n) is 5.24. The number of nitrogens with zero attached hydrogens (tertiary/aromatic N) is 1. The molecule has 0 spiro atoms. The molecule has 0 saturated carbocycles. The van der Waals surface area contributed by atoms with Crippen LogP contribution in [0.1, 0.15) is 32.3 Å². The van der Waals surface area contributed by atoms with Gasteiger partial charge in [0.2, 0.25) is 0 Å². The van der Waals surface area contributed by atoms with Crippen LogP contribution in [0.3, 0.4) is 0 Å². The Labute approximate surface area is 116 Å². The molecule has 3 N–H and O–H groups in total. The smallest absolute Gasteiger partial charge is 0.161 e. The largest absolute Gasteiger partial charge is 0.504 e. The predicted molar refractivity (Wildman–Crippen MR) is 78.5 cm³/mol. The van der Waals surface area contributed by atoms with Gasteiger partial charge in [-0.3, -0.25) is 0 Å². The standard InChI is InChI=1S/C15H26N2O2/c1-12(2)17(3)10-5-4-9-16-11-13-7-6-8-14(18)15(13)19/h6-8,12,16,18-19H,4-5,9-11H2,1-3H3. The zero-order chi connectivity index (χ0) is 14.3. The van der Waals surface area contributed by atoms with Gasteiger partial charge in [0.15, 0.2) is 11.5 Å². The van der Waals surface area contributed by atoms with Crippen molar-refractivity contribution in [2.45, 2.75) is 39.3 Å². The van der Waals surface area contributed by atoms with E-state index in [4.69, 9.17) is 0 Å². The fraction of sp³-hybridized carbons (Fsp3) is 0.600. The molecule has 1 rings (SSSR count). The molecule has 4 nitrogen and oxygen atoms in total. The maximum absolute atomic E-state index is 9.64. The molecule has 0 bridgehead atoms. The Morgan fingerprint density at radius 1 is 1.21 bits per heavy atom. The third-order valence-corrected chi connectivity index (χ3v) is 3.41. The highest BCUT2D eigenvalue weighted by molar-refractivity contribution is 5.44. The summed E-state index contributed by atoms with van der Waals surface area (Å²) in [6.45, 7) is 7.00. The topological polar surface area (TPSA) is 55.7 Å². The maximum Gasteiger partial charge on any atom is 0.161 e. The van der Waals surface area contributed by atoms with Gasteiger partial charge in [0.25, 0.3) is 0 Å². The molecule has 0 aliphatic heterocycles. The number of hydrogen-bond donors (Lipinski definition) is 3. The Morgan fingerprint density at radius 2 is 1.95 bits per heavy atom. The zero-order valence-electron chi connectivity index (χ0n) is 12.2. The van der Waals surface area contributed by atoms with Crippen molar-refractivity contribution in [3.8, 4) is 11.5 Å². The lowest BCUT2D eigenvalue weighted by molar-refractivity contribution is 0.268. The highest BCUT2D eigenvalue weighted by Crippen LogP contribution is 2.27. The summed E-state index contributed by atoms with van der Waals surface area (Å²) < 4.78 is 0. The molecule has 0 aliphatic carbocycles. The Balaban J connectivity index is 2.16. The summed E-state index contributed by atoms with van der Waals surface area (Å²) in [4.78, 5) is 2.33. The van der Waals surface area contributed by atoms with E-state index in [2.05, 4.69) is 31.1 Å². The average molecular weight is 266 g/mol. The molecule has 0 aromatic heterocycles. The van der Waals surface area contributed by atoms with Gasteiger partial charge in [-0.25, -0.2) is 0 Å². The maximum atomic E-state index is 9.64. The Kier molecular flexibility index (Phi) is 6.67. The van der Waals surface area contributed by atoms with Crippen molar-refractivity contribution in [3.63, 3.8) is 0 Å². The van der Waals surface area contributed by atoms with Gasteiger partial charge in [-0.1, -0.05) is 12.1 Å². The molecule has 0 saturated heterocycles. The monoisotopic (exact) mass is 266 g/mol. The van der Waals surface area contributed by atoms with Crippen molar-refractivity contribution in [2.75, 3.05) is 20.1 Å². The summed E-state index contributed by atoms with van der Waals surface area (Å²) in [7, 11) is 2.14. The van der Waals surface area contributed by atoms with Gasteiger partial charge in [0.05, 0.1) is 0 Å². The molecule has 1 aromatic carbocycles. The Morgan fingerprint density at radius 3 is 2.63 bits per heavy atom. The molecule has 108 valence electrons. The summed E-state index contributed by atoms with van der Waals surface area (Å²) in [5.74, 6) is -0.0765. The molecule has 0 aliphatic rings. The first-order valence-corrected chi connectivity index (χ1v) is 6.93. The summed E-state index contributed by atoms with van der Waals surface area (Å²) in [6.07, 6.45) is 2.27. The minimum atomic E-state index is -0.0575. The van der Waals surface area contributed by atoms with E-state index >= 15 is 0 Å². The first-order valence-electron chi connectivity index (χ1n) is 6.93. The normalized spacial score (nSPS) is 11.4. The van der Waals surface area contributed by atoms with Crippen LogP contribution in [-0.4, -0.2) is 41.3 Å². The summed E-state index contributed by atoms with van der Waals surface area (Å²) in [5, 5.41) is 22.3. The molecule has 0 heterocycles. The molecule has 0 unspecified atom stereocenters. The van der Waals surface area contributed by atoms with E-state index in [-0.39, 0.29) is 11.5 Å². The van der Waals surface area contributed by atoms with Gasteiger partial charge in [0.1, 0.15) is 0 Å². The lowest BCUT2D eigenvalue weighted by Gasteiger charge is -2.20. The van der Waals surface area contributed by atoms with Crippen LogP contribution in [0.5, 0.6) is 11.5 Å². The third-order valence-electron chi connectivity index (χ3n) is 3.41. The second kappa shape index (κ2) is 8.02. The summed E-state index contributed by atoms with van der Waals surface area (Å²) in [5.41, 5.74) is 0.735. The van der Waals surface area contributed by atoms with Gasteiger partial charge >= 0.3 is 0 Å². The molecule has 1 aromatic rings. The molecule has 4 heteroatoms. The molecule has 0 atom stereocenters. The van der Waals surface area contributed by atoms with E-state index in [1.54, 1.807) is 6.07 Å². The first kappa shape index (κ1) is 15.8. The molecular weight excluding hydrogens is 240 g/mol. The van der Waals surface area contributed by atoms with Crippen LogP contribution < -0.4 is 5.32 Å². The van der Waals surface area contributed by atoms with Crippen LogP contribution in [-0.2, 0) is 6.54 Å². The first-order chi connectivity index (χ1) is 9.02. The third kappa shape index (κ3) is 5.49. The van der Waals surface area contributed by atoms with Crippen LogP contribution in [0.2, 0.25) is 0 Å². The average Bonchev–Trinajstić information content (AvgIpc) is 2.37. The molecular formula is C15H26N2O2. The van der Waals surface area contributed by atoms with Crippen LogP contribution in [0, 0.1) is 0 Å². The second-order valence-corrected chi connectivity index (χ2v) is 5.24. The van der Waals surface area contributed by atoms with Gasteiger partial charge in [0, 0.05) is 18.2 Å². The summed E-state index contributed by atoms with van der Waals surface area (Å²) in [6, 6.07) is 5.64. The van der Waals surface area contributed by atoms with E-state index in [0.29, 0.717) is 12.6 Å². The van der Waals surface area contributed by atoms with Crippen LogP contribution in [0.15, 0.2) is 18.2 Å². The van der Waals surface area contributed by atoms with E-state index in [9.17, 15) is 10.2 Å². The number of benzene rings is 1. The number of rotatable bonds is 8. The number of unbranched alkanes of at least 4 members (excludes halogenated alkanes) is 1. The highest BCUT2D eigenvalue weighted by atomic mass is 16.3. The molecule has 19 heavy (non-hydrogen) atoms. The van der Waals surface area contributed by atoms with E-state index < -0.39 is 0 Å². The van der Waals surface area contributed by atoms with E-state index in [0.717, 1.165) is 31.5 Å². The predicted octanol–water partition coefficient (Wildman–Crippen LogP) is 2.31. The minimum Gasteiger partial charge on any atom is -0.504 e. The number of para-hydroxylation sites is 1.